The maximum atomic E-state index is 12.6. The Labute approximate surface area is 160 Å². The van der Waals surface area contributed by atoms with E-state index in [-0.39, 0.29) is 12.5 Å². The van der Waals surface area contributed by atoms with Crippen molar-refractivity contribution in [3.05, 3.63) is 52.8 Å². The van der Waals surface area contributed by atoms with Gasteiger partial charge in [0.1, 0.15) is 5.56 Å². The Hall–Kier alpha value is -2.63. The number of aromatic nitrogens is 2. The Balaban J connectivity index is 1.63. The number of ether oxygens (including phenoxy) is 1. The molecule has 1 aliphatic heterocycles. The van der Waals surface area contributed by atoms with Crippen LogP contribution >= 0.6 is 0 Å². The monoisotopic (exact) mass is 369 g/mol. The second-order valence-electron chi connectivity index (χ2n) is 7.35. The van der Waals surface area contributed by atoms with Crippen molar-refractivity contribution in [2.75, 3.05) is 19.7 Å². The molecule has 1 aromatic carbocycles. The summed E-state index contributed by atoms with van der Waals surface area (Å²) in [5.41, 5.74) is 2.93. The standard InChI is InChI=1S/C21H27N3O3/c1-15-8-7-11-23(12-15)19(25)14-27-21(26)20-16(2)22-24(17(20)3)13-18-9-5-4-6-10-18/h4-6,9-10,15H,7-8,11-14H2,1-3H3/t15-/m1/s1. The first-order valence-corrected chi connectivity index (χ1v) is 9.48. The Morgan fingerprint density at radius 1 is 1.22 bits per heavy atom. The van der Waals surface area contributed by atoms with Gasteiger partial charge in [-0.2, -0.15) is 5.10 Å². The van der Waals surface area contributed by atoms with E-state index in [0.29, 0.717) is 23.7 Å². The van der Waals surface area contributed by atoms with Gasteiger partial charge in [0.25, 0.3) is 5.91 Å². The largest absolute Gasteiger partial charge is 0.452 e. The van der Waals surface area contributed by atoms with E-state index in [0.717, 1.165) is 37.2 Å². The van der Waals surface area contributed by atoms with Crippen LogP contribution in [0.1, 0.15) is 47.1 Å². The summed E-state index contributed by atoms with van der Waals surface area (Å²) in [7, 11) is 0. The van der Waals surface area contributed by atoms with E-state index in [1.165, 1.54) is 0 Å². The van der Waals surface area contributed by atoms with E-state index in [4.69, 9.17) is 4.74 Å². The third-order valence-electron chi connectivity index (χ3n) is 5.10. The molecule has 6 nitrogen and oxygen atoms in total. The minimum Gasteiger partial charge on any atom is -0.452 e. The van der Waals surface area contributed by atoms with Crippen LogP contribution in [-0.4, -0.2) is 46.3 Å². The van der Waals surface area contributed by atoms with Crippen molar-refractivity contribution in [3.8, 4) is 0 Å². The van der Waals surface area contributed by atoms with Crippen molar-refractivity contribution in [1.29, 1.82) is 0 Å². The van der Waals surface area contributed by atoms with Gasteiger partial charge in [0.05, 0.1) is 17.9 Å². The van der Waals surface area contributed by atoms with Crippen molar-refractivity contribution in [2.24, 2.45) is 5.92 Å². The first-order valence-electron chi connectivity index (χ1n) is 9.48. The van der Waals surface area contributed by atoms with Gasteiger partial charge in [-0.15, -0.1) is 0 Å². The molecule has 0 N–H and O–H groups in total. The molecule has 2 aromatic rings. The first kappa shape index (κ1) is 19.1. The highest BCUT2D eigenvalue weighted by molar-refractivity contribution is 5.93. The molecule has 0 saturated carbocycles. The molecule has 1 aromatic heterocycles. The Morgan fingerprint density at radius 2 is 1.96 bits per heavy atom. The van der Waals surface area contributed by atoms with Crippen LogP contribution in [-0.2, 0) is 16.1 Å². The second-order valence-corrected chi connectivity index (χ2v) is 7.35. The molecule has 0 bridgehead atoms. The Morgan fingerprint density at radius 3 is 2.67 bits per heavy atom. The van der Waals surface area contributed by atoms with Gasteiger partial charge < -0.3 is 9.64 Å². The third kappa shape index (κ3) is 4.56. The predicted molar refractivity (Wildman–Crippen MR) is 103 cm³/mol. The molecule has 0 aliphatic carbocycles. The number of likely N-dealkylation sites (tertiary alicyclic amines) is 1. The minimum atomic E-state index is -0.484. The number of aryl methyl sites for hydroxylation is 1. The third-order valence-corrected chi connectivity index (χ3v) is 5.10. The van der Waals surface area contributed by atoms with Gasteiger partial charge in [-0.25, -0.2) is 4.79 Å². The van der Waals surface area contributed by atoms with Gasteiger partial charge >= 0.3 is 5.97 Å². The zero-order chi connectivity index (χ0) is 19.4. The SMILES string of the molecule is Cc1nn(Cc2ccccc2)c(C)c1C(=O)OCC(=O)N1CCC[C@@H](C)C1. The van der Waals surface area contributed by atoms with Crippen LogP contribution in [0.25, 0.3) is 0 Å². The molecule has 27 heavy (non-hydrogen) atoms. The van der Waals surface area contributed by atoms with Crippen LogP contribution in [0.5, 0.6) is 0 Å². The fourth-order valence-electron chi connectivity index (χ4n) is 3.61. The highest BCUT2D eigenvalue weighted by Crippen LogP contribution is 2.18. The molecule has 1 atom stereocenters. The molecule has 3 rings (SSSR count). The lowest BCUT2D eigenvalue weighted by Gasteiger charge is -2.30. The number of hydrogen-bond acceptors (Lipinski definition) is 4. The van der Waals surface area contributed by atoms with Gasteiger partial charge in [0, 0.05) is 13.1 Å². The summed E-state index contributed by atoms with van der Waals surface area (Å²) >= 11 is 0. The number of carbonyl (C=O) groups is 2. The number of amides is 1. The number of benzene rings is 1. The molecule has 0 spiro atoms. The summed E-state index contributed by atoms with van der Waals surface area (Å²) < 4.78 is 7.12. The summed E-state index contributed by atoms with van der Waals surface area (Å²) in [6, 6.07) is 9.96. The zero-order valence-electron chi connectivity index (χ0n) is 16.3. The average Bonchev–Trinajstić information content (AvgIpc) is 2.93. The summed E-state index contributed by atoms with van der Waals surface area (Å²) in [6.45, 7) is 7.64. The van der Waals surface area contributed by atoms with Crippen molar-refractivity contribution >= 4 is 11.9 Å². The topological polar surface area (TPSA) is 64.4 Å². The smallest absolute Gasteiger partial charge is 0.342 e. The van der Waals surface area contributed by atoms with E-state index >= 15 is 0 Å². The highest BCUT2D eigenvalue weighted by atomic mass is 16.5. The molecular formula is C21H27N3O3. The van der Waals surface area contributed by atoms with Gasteiger partial charge in [0.15, 0.2) is 6.61 Å². The molecule has 144 valence electrons. The van der Waals surface area contributed by atoms with Gasteiger partial charge in [-0.3, -0.25) is 9.48 Å². The lowest BCUT2D eigenvalue weighted by Crippen LogP contribution is -2.41. The van der Waals surface area contributed by atoms with Crippen LogP contribution in [0.2, 0.25) is 0 Å². The van der Waals surface area contributed by atoms with Crippen LogP contribution in [0, 0.1) is 19.8 Å². The lowest BCUT2D eigenvalue weighted by molar-refractivity contribution is -0.136. The van der Waals surface area contributed by atoms with Crippen molar-refractivity contribution in [2.45, 2.75) is 40.2 Å². The number of nitrogens with zero attached hydrogens (tertiary/aromatic N) is 3. The zero-order valence-corrected chi connectivity index (χ0v) is 16.3. The molecular weight excluding hydrogens is 342 g/mol. The van der Waals surface area contributed by atoms with Crippen molar-refractivity contribution < 1.29 is 14.3 Å². The summed E-state index contributed by atoms with van der Waals surface area (Å²) in [5.74, 6) is -0.108. The quantitative estimate of drug-likeness (QED) is 0.760. The van der Waals surface area contributed by atoms with Crippen LogP contribution in [0.4, 0.5) is 0 Å². The number of carbonyl (C=O) groups excluding carboxylic acids is 2. The Kier molecular flexibility index (Phi) is 5.94. The highest BCUT2D eigenvalue weighted by Gasteiger charge is 2.24. The van der Waals surface area contributed by atoms with Crippen molar-refractivity contribution in [1.82, 2.24) is 14.7 Å². The van der Waals surface area contributed by atoms with E-state index in [1.54, 1.807) is 16.5 Å². The fraction of sp³-hybridized carbons (Fsp3) is 0.476. The van der Waals surface area contributed by atoms with Gasteiger partial charge in [-0.1, -0.05) is 37.3 Å². The molecule has 1 fully saturated rings. The average molecular weight is 369 g/mol. The maximum absolute atomic E-state index is 12.6. The predicted octanol–water partition coefficient (Wildman–Crippen LogP) is 2.96. The molecule has 1 saturated heterocycles. The van der Waals surface area contributed by atoms with Crippen molar-refractivity contribution in [3.63, 3.8) is 0 Å². The van der Waals surface area contributed by atoms with Gasteiger partial charge in [0.2, 0.25) is 0 Å². The summed E-state index contributed by atoms with van der Waals surface area (Å²) in [6.07, 6.45) is 2.15. The van der Waals surface area contributed by atoms with E-state index < -0.39 is 5.97 Å². The van der Waals surface area contributed by atoms with Crippen LogP contribution < -0.4 is 0 Å². The molecule has 2 heterocycles. The summed E-state index contributed by atoms with van der Waals surface area (Å²) in [5, 5.41) is 4.47. The number of rotatable bonds is 5. The second kappa shape index (κ2) is 8.37. The molecule has 0 unspecified atom stereocenters. The lowest BCUT2D eigenvalue weighted by atomic mass is 10.0. The van der Waals surface area contributed by atoms with Crippen LogP contribution in [0.3, 0.4) is 0 Å². The fourth-order valence-corrected chi connectivity index (χ4v) is 3.61. The van der Waals surface area contributed by atoms with E-state index in [2.05, 4.69) is 12.0 Å². The number of hydrogen-bond donors (Lipinski definition) is 0. The molecule has 0 radical (unpaired) electrons. The van der Waals surface area contributed by atoms with Gasteiger partial charge in [-0.05, 0) is 38.2 Å². The summed E-state index contributed by atoms with van der Waals surface area (Å²) in [4.78, 5) is 26.7. The van der Waals surface area contributed by atoms with Crippen LogP contribution in [0.15, 0.2) is 30.3 Å². The van der Waals surface area contributed by atoms with E-state index in [1.807, 2.05) is 37.3 Å². The maximum Gasteiger partial charge on any atom is 0.342 e. The number of piperidine rings is 1. The normalized spacial score (nSPS) is 17.0. The minimum absolute atomic E-state index is 0.123. The molecule has 1 amide bonds. The number of esters is 1. The van der Waals surface area contributed by atoms with E-state index in [9.17, 15) is 9.59 Å². The molecule has 1 aliphatic rings. The molecule has 6 heteroatoms. The first-order chi connectivity index (χ1) is 13.0. The Bertz CT molecular complexity index is 814.